The first-order valence-corrected chi connectivity index (χ1v) is 8.05. The lowest BCUT2D eigenvalue weighted by atomic mass is 9.96. The third-order valence-corrected chi connectivity index (χ3v) is 3.64. The fraction of sp³-hybridized carbons (Fsp3) is 0.500. The minimum atomic E-state index is -1.01. The van der Waals surface area contributed by atoms with E-state index in [1.54, 1.807) is 45.0 Å². The summed E-state index contributed by atoms with van der Waals surface area (Å²) in [7, 11) is 1.52. The van der Waals surface area contributed by atoms with Gasteiger partial charge < -0.3 is 20.5 Å². The summed E-state index contributed by atoms with van der Waals surface area (Å²) < 4.78 is 5.22. The zero-order valence-corrected chi connectivity index (χ0v) is 15.1. The maximum Gasteiger partial charge on any atom is 0.308 e. The van der Waals surface area contributed by atoms with Crippen molar-refractivity contribution in [3.05, 3.63) is 29.8 Å². The van der Waals surface area contributed by atoms with E-state index >= 15 is 0 Å². The molecule has 1 aromatic rings. The first kappa shape index (κ1) is 20.5. The van der Waals surface area contributed by atoms with Crippen LogP contribution in [-0.2, 0) is 20.8 Å². The summed E-state index contributed by atoms with van der Waals surface area (Å²) in [6.45, 7) is 5.02. The summed E-state index contributed by atoms with van der Waals surface area (Å²) in [6.07, 6.45) is 0.230. The van der Waals surface area contributed by atoms with Crippen molar-refractivity contribution in [3.63, 3.8) is 0 Å². The highest BCUT2D eigenvalue weighted by atomic mass is 16.5. The fourth-order valence-electron chi connectivity index (χ4n) is 2.11. The number of carboxylic acids is 1. The van der Waals surface area contributed by atoms with Crippen LogP contribution in [0.2, 0.25) is 0 Å². The molecule has 0 aliphatic rings. The molecule has 1 atom stereocenters. The second kappa shape index (κ2) is 9.05. The number of nitrogens with one attached hydrogen (secondary N) is 2. The van der Waals surface area contributed by atoms with Crippen LogP contribution in [0.3, 0.4) is 0 Å². The number of para-hydroxylation sites is 1. The van der Waals surface area contributed by atoms with Crippen molar-refractivity contribution in [2.24, 2.45) is 11.3 Å². The number of ether oxygens (including phenoxy) is 1. The van der Waals surface area contributed by atoms with Gasteiger partial charge in [-0.2, -0.15) is 0 Å². The second-order valence-corrected chi connectivity index (χ2v) is 6.79. The van der Waals surface area contributed by atoms with E-state index in [-0.39, 0.29) is 25.4 Å². The van der Waals surface area contributed by atoms with E-state index in [1.807, 2.05) is 0 Å². The zero-order chi connectivity index (χ0) is 19.0. The molecular weight excluding hydrogens is 324 g/mol. The van der Waals surface area contributed by atoms with E-state index < -0.39 is 23.2 Å². The number of hydrogen-bond acceptors (Lipinski definition) is 4. The van der Waals surface area contributed by atoms with E-state index in [0.29, 0.717) is 5.75 Å². The van der Waals surface area contributed by atoms with Crippen molar-refractivity contribution >= 4 is 17.8 Å². The normalized spacial score (nSPS) is 12.2. The molecule has 2 amide bonds. The van der Waals surface area contributed by atoms with Crippen molar-refractivity contribution in [2.75, 3.05) is 20.2 Å². The Hall–Kier alpha value is -2.57. The molecule has 0 heterocycles. The number of benzene rings is 1. The van der Waals surface area contributed by atoms with Crippen molar-refractivity contribution in [1.29, 1.82) is 0 Å². The topological polar surface area (TPSA) is 105 Å². The van der Waals surface area contributed by atoms with Gasteiger partial charge in [-0.1, -0.05) is 39.0 Å². The number of rotatable bonds is 8. The summed E-state index contributed by atoms with van der Waals surface area (Å²) >= 11 is 0. The molecule has 0 bridgehead atoms. The lowest BCUT2D eigenvalue weighted by Crippen LogP contribution is -2.43. The fourth-order valence-corrected chi connectivity index (χ4v) is 2.11. The molecule has 0 fully saturated rings. The van der Waals surface area contributed by atoms with Crippen molar-refractivity contribution in [3.8, 4) is 5.75 Å². The number of hydrogen-bond donors (Lipinski definition) is 3. The molecule has 3 N–H and O–H groups in total. The molecule has 7 heteroatoms. The third-order valence-electron chi connectivity index (χ3n) is 3.64. The largest absolute Gasteiger partial charge is 0.496 e. The summed E-state index contributed by atoms with van der Waals surface area (Å²) in [5.41, 5.74) is 0.168. The smallest absolute Gasteiger partial charge is 0.308 e. The lowest BCUT2D eigenvalue weighted by molar-refractivity contribution is -0.141. The van der Waals surface area contributed by atoms with Crippen LogP contribution in [0, 0.1) is 11.3 Å². The van der Waals surface area contributed by atoms with Gasteiger partial charge in [0.25, 0.3) is 0 Å². The number of amides is 2. The van der Waals surface area contributed by atoms with Gasteiger partial charge in [0.2, 0.25) is 11.8 Å². The molecule has 1 rings (SSSR count). The molecule has 0 radical (unpaired) electrons. The number of aliphatic carboxylic acids is 1. The molecule has 0 saturated heterocycles. The highest BCUT2D eigenvalue weighted by Crippen LogP contribution is 2.21. The quantitative estimate of drug-likeness (QED) is 0.654. The molecule has 7 nitrogen and oxygen atoms in total. The lowest BCUT2D eigenvalue weighted by Gasteiger charge is -2.18. The molecular formula is C18H26N2O5. The maximum atomic E-state index is 11.8. The van der Waals surface area contributed by atoms with Gasteiger partial charge in [-0.05, 0) is 18.1 Å². The molecule has 0 aromatic heterocycles. The van der Waals surface area contributed by atoms with Gasteiger partial charge >= 0.3 is 5.97 Å². The average Bonchev–Trinajstić information content (AvgIpc) is 2.55. The monoisotopic (exact) mass is 350 g/mol. The van der Waals surface area contributed by atoms with E-state index in [4.69, 9.17) is 4.74 Å². The number of methoxy groups -OCH3 is 1. The molecule has 0 aliphatic carbocycles. The van der Waals surface area contributed by atoms with Crippen molar-refractivity contribution in [1.82, 2.24) is 10.6 Å². The van der Waals surface area contributed by atoms with Crippen LogP contribution >= 0.6 is 0 Å². The number of carboxylic acid groups (broad SMARTS) is 1. The number of carbonyl (C=O) groups is 3. The van der Waals surface area contributed by atoms with Gasteiger partial charge in [0.15, 0.2) is 0 Å². The molecule has 1 unspecified atom stereocenters. The second-order valence-electron chi connectivity index (χ2n) is 6.79. The first-order valence-electron chi connectivity index (χ1n) is 8.05. The van der Waals surface area contributed by atoms with Crippen LogP contribution < -0.4 is 15.4 Å². The Morgan fingerprint density at radius 3 is 2.36 bits per heavy atom. The van der Waals surface area contributed by atoms with E-state index in [1.165, 1.54) is 7.11 Å². The van der Waals surface area contributed by atoms with Crippen LogP contribution in [0.5, 0.6) is 5.75 Å². The number of carbonyl (C=O) groups excluding carboxylic acids is 2. The Morgan fingerprint density at radius 1 is 1.16 bits per heavy atom. The van der Waals surface area contributed by atoms with Crippen molar-refractivity contribution < 1.29 is 24.2 Å². The Bertz CT molecular complexity index is 622. The van der Waals surface area contributed by atoms with E-state index in [0.717, 1.165) is 5.56 Å². The van der Waals surface area contributed by atoms with E-state index in [2.05, 4.69) is 10.6 Å². The third kappa shape index (κ3) is 6.82. The maximum absolute atomic E-state index is 11.8. The van der Waals surface area contributed by atoms with Crippen LogP contribution in [-0.4, -0.2) is 43.1 Å². The van der Waals surface area contributed by atoms with Gasteiger partial charge in [-0.15, -0.1) is 0 Å². The Balaban J connectivity index is 2.57. The predicted octanol–water partition coefficient (Wildman–Crippen LogP) is 1.22. The van der Waals surface area contributed by atoms with Crippen molar-refractivity contribution in [2.45, 2.75) is 27.2 Å². The molecule has 0 aliphatic heterocycles. The molecule has 1 aromatic carbocycles. The van der Waals surface area contributed by atoms with Crippen LogP contribution in [0.15, 0.2) is 24.3 Å². The Kier molecular flexibility index (Phi) is 7.42. The predicted molar refractivity (Wildman–Crippen MR) is 93.3 cm³/mol. The minimum Gasteiger partial charge on any atom is -0.496 e. The summed E-state index contributed by atoms with van der Waals surface area (Å²) in [5, 5.41) is 14.5. The molecule has 138 valence electrons. The Labute approximate surface area is 147 Å². The average molecular weight is 350 g/mol. The first-order chi connectivity index (χ1) is 11.6. The van der Waals surface area contributed by atoms with Crippen LogP contribution in [0.1, 0.15) is 26.3 Å². The molecule has 25 heavy (non-hydrogen) atoms. The van der Waals surface area contributed by atoms with Gasteiger partial charge in [0.05, 0.1) is 19.6 Å². The summed E-state index contributed by atoms with van der Waals surface area (Å²) in [6, 6.07) is 7.16. The van der Waals surface area contributed by atoms with Gasteiger partial charge in [-0.3, -0.25) is 14.4 Å². The molecule has 0 saturated carbocycles. The minimum absolute atomic E-state index is 0.0302. The zero-order valence-electron chi connectivity index (χ0n) is 15.1. The van der Waals surface area contributed by atoms with Crippen LogP contribution in [0.25, 0.3) is 0 Å². The molecule has 0 spiro atoms. The standard InChI is InChI=1S/C18H26N2O5/c1-18(2,3)17(24)20-11-15(21)19-10-13(16(22)23)9-12-7-5-6-8-14(12)25-4/h5-8,13H,9-11H2,1-4H3,(H,19,21)(H,20,24)(H,22,23). The Morgan fingerprint density at radius 2 is 1.80 bits per heavy atom. The van der Waals surface area contributed by atoms with Crippen LogP contribution in [0.4, 0.5) is 0 Å². The highest BCUT2D eigenvalue weighted by molar-refractivity contribution is 5.87. The summed E-state index contributed by atoms with van der Waals surface area (Å²) in [4.78, 5) is 35.0. The SMILES string of the molecule is COc1ccccc1CC(CNC(=O)CNC(=O)C(C)(C)C)C(=O)O. The highest BCUT2D eigenvalue weighted by Gasteiger charge is 2.23. The van der Waals surface area contributed by atoms with Gasteiger partial charge in [0.1, 0.15) is 5.75 Å². The van der Waals surface area contributed by atoms with Gasteiger partial charge in [0, 0.05) is 12.0 Å². The van der Waals surface area contributed by atoms with E-state index in [9.17, 15) is 19.5 Å². The van der Waals surface area contributed by atoms with Gasteiger partial charge in [-0.25, -0.2) is 0 Å². The summed E-state index contributed by atoms with van der Waals surface area (Å²) in [5.74, 6) is -1.86.